The Morgan fingerprint density at radius 3 is 2.65 bits per heavy atom. The van der Waals surface area contributed by atoms with Crippen LogP contribution < -0.4 is 5.73 Å². The van der Waals surface area contributed by atoms with Crippen molar-refractivity contribution >= 4 is 28.9 Å². The molecule has 1 aliphatic carbocycles. The van der Waals surface area contributed by atoms with Gasteiger partial charge in [0, 0.05) is 34.5 Å². The minimum atomic E-state index is -4.72. The molecule has 1 heterocycles. The van der Waals surface area contributed by atoms with Gasteiger partial charge in [0.05, 0.1) is 5.71 Å². The topological polar surface area (TPSA) is 47.6 Å². The smallest absolute Gasteiger partial charge is 0.378 e. The number of hydrogen-bond acceptors (Lipinski definition) is 3. The molecule has 0 radical (unpaired) electrons. The molecule has 0 amide bonds. The summed E-state index contributed by atoms with van der Waals surface area (Å²) in [6, 6.07) is 3.87. The molecular weight excluding hydrogens is 395 g/mol. The van der Waals surface area contributed by atoms with E-state index in [-0.39, 0.29) is 34.3 Å². The molecule has 2 aliphatic rings. The van der Waals surface area contributed by atoms with Gasteiger partial charge in [-0.3, -0.25) is 0 Å². The number of oxime groups is 1. The molecule has 2 unspecified atom stereocenters. The highest BCUT2D eigenvalue weighted by atomic mass is 35.5. The van der Waals surface area contributed by atoms with Crippen LogP contribution in [0.15, 0.2) is 45.6 Å². The van der Waals surface area contributed by atoms with E-state index < -0.39 is 29.9 Å². The number of halogens is 6. The molecule has 0 saturated carbocycles. The second kappa shape index (κ2) is 6.87. The Kier molecular flexibility index (Phi) is 5.07. The van der Waals surface area contributed by atoms with Crippen LogP contribution in [0.4, 0.5) is 17.6 Å². The molecule has 0 aromatic heterocycles. The fourth-order valence-electron chi connectivity index (χ4n) is 3.09. The van der Waals surface area contributed by atoms with Gasteiger partial charge in [-0.2, -0.15) is 13.2 Å². The number of nitrogens with zero attached hydrogens (tertiary/aromatic N) is 1. The van der Waals surface area contributed by atoms with Crippen molar-refractivity contribution in [3.05, 3.63) is 57.4 Å². The van der Waals surface area contributed by atoms with Crippen molar-refractivity contribution in [2.75, 3.05) is 0 Å². The highest BCUT2D eigenvalue weighted by Gasteiger charge is 2.65. The maximum Gasteiger partial charge on any atom is 0.431 e. The molecule has 26 heavy (non-hydrogen) atoms. The summed E-state index contributed by atoms with van der Waals surface area (Å²) in [5.41, 5.74) is 3.43. The van der Waals surface area contributed by atoms with E-state index in [0.29, 0.717) is 5.56 Å². The fourth-order valence-corrected chi connectivity index (χ4v) is 3.72. The van der Waals surface area contributed by atoms with Gasteiger partial charge in [0.1, 0.15) is 5.82 Å². The van der Waals surface area contributed by atoms with Gasteiger partial charge in [-0.1, -0.05) is 40.5 Å². The predicted molar refractivity (Wildman–Crippen MR) is 91.3 cm³/mol. The number of rotatable bonds is 3. The maximum absolute atomic E-state index is 13.9. The average Bonchev–Trinajstić information content (AvgIpc) is 3.01. The Hall–Kier alpha value is -1.57. The first-order valence-corrected chi connectivity index (χ1v) is 8.46. The van der Waals surface area contributed by atoms with Crippen LogP contribution >= 0.6 is 23.2 Å². The van der Waals surface area contributed by atoms with Crippen LogP contribution in [0.2, 0.25) is 0 Å². The SMILES string of the molecule is NCc1cc(C2=NOC(C3C=C(Cl)C=C(Cl)C3)(C(F)(F)F)C2)ccc1F. The van der Waals surface area contributed by atoms with E-state index in [9.17, 15) is 17.6 Å². The number of hydrogen-bond donors (Lipinski definition) is 1. The summed E-state index contributed by atoms with van der Waals surface area (Å²) in [4.78, 5) is 4.96. The lowest BCUT2D eigenvalue weighted by molar-refractivity contribution is -0.282. The lowest BCUT2D eigenvalue weighted by Gasteiger charge is -2.36. The molecule has 1 aliphatic heterocycles. The summed E-state index contributed by atoms with van der Waals surface area (Å²) >= 11 is 11.8. The molecule has 2 atom stereocenters. The van der Waals surface area contributed by atoms with Crippen molar-refractivity contribution in [1.82, 2.24) is 0 Å². The average molecular weight is 409 g/mol. The molecule has 140 valence electrons. The van der Waals surface area contributed by atoms with Crippen molar-refractivity contribution in [3.63, 3.8) is 0 Å². The molecular formula is C17H14Cl2F4N2O. The third-order valence-electron chi connectivity index (χ3n) is 4.50. The summed E-state index contributed by atoms with van der Waals surface area (Å²) in [5.74, 6) is -1.67. The zero-order valence-electron chi connectivity index (χ0n) is 13.3. The zero-order chi connectivity index (χ0) is 19.1. The van der Waals surface area contributed by atoms with Crippen LogP contribution in [0.5, 0.6) is 0 Å². The van der Waals surface area contributed by atoms with Crippen molar-refractivity contribution < 1.29 is 22.4 Å². The molecule has 0 saturated heterocycles. The van der Waals surface area contributed by atoms with E-state index in [0.717, 1.165) is 6.07 Å². The molecule has 3 rings (SSSR count). The number of alkyl halides is 3. The standard InChI is InChI=1S/C17H14Cl2F4N2O/c18-12-4-11(5-13(19)6-12)16(17(21,22)23)7-15(25-26-16)9-1-2-14(20)10(3-9)8-24/h1-4,6,11H,5,7-8,24H2. The largest absolute Gasteiger partial charge is 0.431 e. The van der Waals surface area contributed by atoms with E-state index in [1.807, 2.05) is 0 Å². The van der Waals surface area contributed by atoms with Crippen LogP contribution in [0.1, 0.15) is 24.0 Å². The normalized spacial score (nSPS) is 26.1. The third kappa shape index (κ3) is 3.35. The summed E-state index contributed by atoms with van der Waals surface area (Å²) in [7, 11) is 0. The predicted octanol–water partition coefficient (Wildman–Crippen LogP) is 4.98. The highest BCUT2D eigenvalue weighted by Crippen LogP contribution is 2.50. The minimum Gasteiger partial charge on any atom is -0.378 e. The Balaban J connectivity index is 1.95. The Morgan fingerprint density at radius 1 is 1.31 bits per heavy atom. The van der Waals surface area contributed by atoms with E-state index in [1.54, 1.807) is 0 Å². The van der Waals surface area contributed by atoms with E-state index in [1.165, 1.54) is 24.3 Å². The Labute approximate surface area is 157 Å². The second-order valence-corrected chi connectivity index (χ2v) is 7.08. The number of benzene rings is 1. The van der Waals surface area contributed by atoms with Crippen LogP contribution in [0.3, 0.4) is 0 Å². The van der Waals surface area contributed by atoms with E-state index in [2.05, 4.69) is 5.16 Å². The van der Waals surface area contributed by atoms with Gasteiger partial charge >= 0.3 is 6.18 Å². The van der Waals surface area contributed by atoms with Gasteiger partial charge in [0.15, 0.2) is 0 Å². The molecule has 9 heteroatoms. The zero-order valence-corrected chi connectivity index (χ0v) is 14.8. The van der Waals surface area contributed by atoms with Gasteiger partial charge in [-0.25, -0.2) is 4.39 Å². The first kappa shape index (κ1) is 19.2. The van der Waals surface area contributed by atoms with Gasteiger partial charge in [0.25, 0.3) is 0 Å². The Morgan fingerprint density at radius 2 is 2.04 bits per heavy atom. The fraction of sp³-hybridized carbons (Fsp3) is 0.353. The monoisotopic (exact) mass is 408 g/mol. The number of allylic oxidation sites excluding steroid dienone is 3. The second-order valence-electron chi connectivity index (χ2n) is 6.16. The van der Waals surface area contributed by atoms with Crippen LogP contribution in [-0.2, 0) is 11.4 Å². The molecule has 2 N–H and O–H groups in total. The molecule has 0 bridgehead atoms. The summed E-state index contributed by atoms with van der Waals surface area (Å²) in [6.45, 7) is -0.0837. The maximum atomic E-state index is 13.9. The summed E-state index contributed by atoms with van der Waals surface area (Å²) in [5, 5.41) is 3.97. The van der Waals surface area contributed by atoms with E-state index >= 15 is 0 Å². The van der Waals surface area contributed by atoms with Crippen molar-refractivity contribution in [1.29, 1.82) is 0 Å². The van der Waals surface area contributed by atoms with Crippen LogP contribution in [0, 0.1) is 11.7 Å². The van der Waals surface area contributed by atoms with E-state index in [4.69, 9.17) is 33.8 Å². The van der Waals surface area contributed by atoms with Crippen molar-refractivity contribution in [2.24, 2.45) is 16.8 Å². The lowest BCUT2D eigenvalue weighted by Crippen LogP contribution is -2.51. The molecule has 1 aromatic rings. The molecule has 1 aromatic carbocycles. The first-order chi connectivity index (χ1) is 12.2. The molecule has 0 spiro atoms. The molecule has 3 nitrogen and oxygen atoms in total. The minimum absolute atomic E-state index is 0.0622. The van der Waals surface area contributed by atoms with Gasteiger partial charge in [-0.05, 0) is 30.2 Å². The van der Waals surface area contributed by atoms with Crippen LogP contribution in [0.25, 0.3) is 0 Å². The van der Waals surface area contributed by atoms with Gasteiger partial charge < -0.3 is 10.6 Å². The van der Waals surface area contributed by atoms with Crippen LogP contribution in [-0.4, -0.2) is 17.5 Å². The highest BCUT2D eigenvalue weighted by molar-refractivity contribution is 6.35. The van der Waals surface area contributed by atoms with Gasteiger partial charge in [0.2, 0.25) is 5.60 Å². The summed E-state index contributed by atoms with van der Waals surface area (Å²) < 4.78 is 55.4. The van der Waals surface area contributed by atoms with Gasteiger partial charge in [-0.15, -0.1) is 0 Å². The first-order valence-electron chi connectivity index (χ1n) is 7.70. The Bertz CT molecular complexity index is 819. The quantitative estimate of drug-likeness (QED) is 0.717. The lowest BCUT2D eigenvalue weighted by atomic mass is 9.78. The summed E-state index contributed by atoms with van der Waals surface area (Å²) in [6.07, 6.45) is -2.66. The van der Waals surface area contributed by atoms with Crippen molar-refractivity contribution in [3.8, 4) is 0 Å². The van der Waals surface area contributed by atoms with Crippen molar-refractivity contribution in [2.45, 2.75) is 31.2 Å². The number of nitrogens with two attached hydrogens (primary N) is 1. The third-order valence-corrected chi connectivity index (χ3v) is 4.99. The molecule has 0 fully saturated rings.